The molecule has 0 radical (unpaired) electrons. The number of carbonyl (C=O) groups excluding carboxylic acids is 2. The number of para-hydroxylation sites is 2. The van der Waals surface area contributed by atoms with Gasteiger partial charge in [-0.2, -0.15) is 4.98 Å². The zero-order valence-electron chi connectivity index (χ0n) is 17.4. The first-order valence-corrected chi connectivity index (χ1v) is 10.3. The Labute approximate surface area is 180 Å². The van der Waals surface area contributed by atoms with Gasteiger partial charge in [0.1, 0.15) is 11.3 Å². The Balaban J connectivity index is 1.20. The van der Waals surface area contributed by atoms with Gasteiger partial charge < -0.3 is 24.1 Å². The second kappa shape index (κ2) is 9.51. The minimum Gasteiger partial charge on any atom is -0.497 e. The molecule has 4 rings (SSSR count). The Kier molecular flexibility index (Phi) is 6.35. The maximum Gasteiger partial charge on any atom is 0.309 e. The van der Waals surface area contributed by atoms with Gasteiger partial charge in [0, 0.05) is 19.6 Å². The number of hydrogen-bond acceptors (Lipinski definition) is 7. The lowest BCUT2D eigenvalue weighted by Crippen LogP contribution is -2.38. The summed E-state index contributed by atoms with van der Waals surface area (Å²) in [4.78, 5) is 30.9. The number of fused-ring (bicyclic) bond motifs is 1. The molecular weight excluding hydrogens is 398 g/mol. The third kappa shape index (κ3) is 5.14. The summed E-state index contributed by atoms with van der Waals surface area (Å²) < 4.78 is 16.2. The monoisotopic (exact) mass is 423 g/mol. The van der Waals surface area contributed by atoms with Gasteiger partial charge >= 0.3 is 5.97 Å². The molecule has 1 amide bonds. The van der Waals surface area contributed by atoms with Crippen LogP contribution in [0, 0.1) is 5.92 Å². The van der Waals surface area contributed by atoms with Crippen LogP contribution in [0.2, 0.25) is 0 Å². The highest BCUT2D eigenvalue weighted by Crippen LogP contribution is 2.26. The third-order valence-corrected chi connectivity index (χ3v) is 5.35. The van der Waals surface area contributed by atoms with Crippen molar-refractivity contribution in [1.82, 2.24) is 10.3 Å². The largest absolute Gasteiger partial charge is 0.497 e. The summed E-state index contributed by atoms with van der Waals surface area (Å²) in [6, 6.07) is 15.6. The highest BCUT2D eigenvalue weighted by atomic mass is 16.5. The van der Waals surface area contributed by atoms with Gasteiger partial charge in [-0.15, -0.1) is 0 Å². The maximum absolute atomic E-state index is 12.4. The van der Waals surface area contributed by atoms with E-state index in [1.54, 1.807) is 7.11 Å². The molecule has 1 aromatic heterocycles. The Morgan fingerprint density at radius 1 is 1.16 bits per heavy atom. The number of methoxy groups -OCH3 is 1. The molecule has 0 aliphatic carbocycles. The fourth-order valence-corrected chi connectivity index (χ4v) is 3.59. The Hall–Kier alpha value is -3.55. The molecule has 162 valence electrons. The average molecular weight is 423 g/mol. The topological polar surface area (TPSA) is 93.9 Å². The molecule has 8 heteroatoms. The smallest absolute Gasteiger partial charge is 0.309 e. The fourth-order valence-electron chi connectivity index (χ4n) is 3.59. The molecule has 2 aromatic carbocycles. The SMILES string of the molecule is COc1cccc(CNC(=O)COC(=O)C2CCN(c3nc4ccccc4o3)CC2)c1. The van der Waals surface area contributed by atoms with Crippen molar-refractivity contribution in [1.29, 1.82) is 0 Å². The molecule has 0 bridgehead atoms. The van der Waals surface area contributed by atoms with E-state index in [4.69, 9.17) is 13.9 Å². The van der Waals surface area contributed by atoms with Crippen molar-refractivity contribution in [2.75, 3.05) is 31.7 Å². The van der Waals surface area contributed by atoms with E-state index in [0.29, 0.717) is 38.5 Å². The van der Waals surface area contributed by atoms with E-state index in [2.05, 4.69) is 10.3 Å². The summed E-state index contributed by atoms with van der Waals surface area (Å²) in [6.07, 6.45) is 1.26. The lowest BCUT2D eigenvalue weighted by Gasteiger charge is -2.29. The van der Waals surface area contributed by atoms with Crippen molar-refractivity contribution in [3.8, 4) is 5.75 Å². The Morgan fingerprint density at radius 3 is 2.74 bits per heavy atom. The minimum atomic E-state index is -0.339. The molecule has 0 atom stereocenters. The normalized spacial score (nSPS) is 14.4. The van der Waals surface area contributed by atoms with Gasteiger partial charge in [-0.05, 0) is 42.7 Å². The minimum absolute atomic E-state index is 0.230. The van der Waals surface area contributed by atoms with E-state index in [0.717, 1.165) is 22.4 Å². The van der Waals surface area contributed by atoms with Gasteiger partial charge in [-0.25, -0.2) is 0 Å². The van der Waals surface area contributed by atoms with Crippen molar-refractivity contribution in [3.05, 3.63) is 54.1 Å². The zero-order chi connectivity index (χ0) is 21.6. The molecule has 1 saturated heterocycles. The van der Waals surface area contributed by atoms with Gasteiger partial charge in [0.05, 0.1) is 13.0 Å². The first kappa shape index (κ1) is 20.7. The molecule has 1 aliphatic heterocycles. The summed E-state index contributed by atoms with van der Waals surface area (Å²) in [7, 11) is 1.59. The summed E-state index contributed by atoms with van der Waals surface area (Å²) in [5, 5.41) is 2.75. The standard InChI is InChI=1S/C23H25N3O5/c1-29-18-6-4-5-16(13-18)14-24-21(27)15-30-22(28)17-9-11-26(12-10-17)23-25-19-7-2-3-8-20(19)31-23/h2-8,13,17H,9-12,14-15H2,1H3,(H,24,27). The number of hydrogen-bond donors (Lipinski definition) is 1. The van der Waals surface area contributed by atoms with Gasteiger partial charge in [0.2, 0.25) is 0 Å². The Morgan fingerprint density at radius 2 is 1.97 bits per heavy atom. The van der Waals surface area contributed by atoms with Crippen LogP contribution in [0.4, 0.5) is 6.01 Å². The number of rotatable bonds is 7. The van der Waals surface area contributed by atoms with E-state index in [1.807, 2.05) is 53.4 Å². The molecule has 0 saturated carbocycles. The first-order valence-electron chi connectivity index (χ1n) is 10.3. The summed E-state index contributed by atoms with van der Waals surface area (Å²) in [6.45, 7) is 1.36. The fraction of sp³-hybridized carbons (Fsp3) is 0.348. The molecule has 3 aromatic rings. The molecule has 8 nitrogen and oxygen atoms in total. The maximum atomic E-state index is 12.4. The number of aromatic nitrogens is 1. The number of ether oxygens (including phenoxy) is 2. The summed E-state index contributed by atoms with van der Waals surface area (Å²) in [5.74, 6) is -0.178. The molecule has 31 heavy (non-hydrogen) atoms. The molecule has 0 unspecified atom stereocenters. The van der Waals surface area contributed by atoms with E-state index in [-0.39, 0.29) is 24.4 Å². The lowest BCUT2D eigenvalue weighted by atomic mass is 9.97. The Bertz CT molecular complexity index is 1020. The number of benzene rings is 2. The summed E-state index contributed by atoms with van der Waals surface area (Å²) in [5.41, 5.74) is 2.48. The van der Waals surface area contributed by atoms with Gasteiger partial charge in [0.15, 0.2) is 12.2 Å². The zero-order valence-corrected chi connectivity index (χ0v) is 17.4. The van der Waals surface area contributed by atoms with Crippen LogP contribution in [0.1, 0.15) is 18.4 Å². The number of oxazole rings is 1. The van der Waals surface area contributed by atoms with Crippen molar-refractivity contribution >= 4 is 29.0 Å². The van der Waals surface area contributed by atoms with Gasteiger partial charge in [-0.1, -0.05) is 24.3 Å². The second-order valence-electron chi connectivity index (χ2n) is 7.46. The number of nitrogens with zero attached hydrogens (tertiary/aromatic N) is 2. The first-order chi connectivity index (χ1) is 15.1. The van der Waals surface area contributed by atoms with Crippen LogP contribution in [0.25, 0.3) is 11.1 Å². The van der Waals surface area contributed by atoms with Gasteiger partial charge in [0.25, 0.3) is 11.9 Å². The van der Waals surface area contributed by atoms with E-state index in [9.17, 15) is 9.59 Å². The van der Waals surface area contributed by atoms with Crippen molar-refractivity contribution in [3.63, 3.8) is 0 Å². The van der Waals surface area contributed by atoms with Crippen LogP contribution in [0.15, 0.2) is 52.9 Å². The number of amides is 1. The summed E-state index contributed by atoms with van der Waals surface area (Å²) >= 11 is 0. The van der Waals surface area contributed by atoms with Crippen molar-refractivity contribution in [2.24, 2.45) is 5.92 Å². The predicted molar refractivity (Wildman–Crippen MR) is 115 cm³/mol. The second-order valence-corrected chi connectivity index (χ2v) is 7.46. The molecule has 1 N–H and O–H groups in total. The number of nitrogens with one attached hydrogen (secondary N) is 1. The number of piperidine rings is 1. The predicted octanol–water partition coefficient (Wildman–Crippen LogP) is 2.91. The molecular formula is C23H25N3O5. The molecule has 0 spiro atoms. The van der Waals surface area contributed by atoms with E-state index >= 15 is 0 Å². The highest BCUT2D eigenvalue weighted by Gasteiger charge is 2.28. The van der Waals surface area contributed by atoms with Crippen LogP contribution in [-0.4, -0.2) is 43.7 Å². The van der Waals surface area contributed by atoms with Crippen LogP contribution in [0.5, 0.6) is 5.75 Å². The lowest BCUT2D eigenvalue weighted by molar-refractivity contribution is -0.153. The number of carbonyl (C=O) groups is 2. The van der Waals surface area contributed by atoms with Crippen LogP contribution < -0.4 is 15.0 Å². The van der Waals surface area contributed by atoms with Crippen molar-refractivity contribution < 1.29 is 23.5 Å². The van der Waals surface area contributed by atoms with Crippen LogP contribution in [0.3, 0.4) is 0 Å². The van der Waals surface area contributed by atoms with E-state index < -0.39 is 0 Å². The van der Waals surface area contributed by atoms with E-state index in [1.165, 1.54) is 0 Å². The molecule has 2 heterocycles. The number of esters is 1. The average Bonchev–Trinajstić information content (AvgIpc) is 3.26. The van der Waals surface area contributed by atoms with Crippen LogP contribution >= 0.6 is 0 Å². The van der Waals surface area contributed by atoms with Crippen LogP contribution in [-0.2, 0) is 20.9 Å². The quantitative estimate of drug-likeness (QED) is 0.584. The highest BCUT2D eigenvalue weighted by molar-refractivity contribution is 5.81. The third-order valence-electron chi connectivity index (χ3n) is 5.35. The number of anilines is 1. The molecule has 1 fully saturated rings. The van der Waals surface area contributed by atoms with Gasteiger partial charge in [-0.3, -0.25) is 9.59 Å². The molecule has 1 aliphatic rings. The van der Waals surface area contributed by atoms with Crippen molar-refractivity contribution in [2.45, 2.75) is 19.4 Å².